The first-order valence-electron chi connectivity index (χ1n) is 8.28. The lowest BCUT2D eigenvalue weighted by atomic mass is 10.1. The van der Waals surface area contributed by atoms with Crippen LogP contribution in [0.2, 0.25) is 0 Å². The number of hydrogen-bond acceptors (Lipinski definition) is 2. The Kier molecular flexibility index (Phi) is 15.0. The van der Waals surface area contributed by atoms with Gasteiger partial charge in [0.1, 0.15) is 0 Å². The van der Waals surface area contributed by atoms with Gasteiger partial charge < -0.3 is 11.1 Å². The first kappa shape index (κ1) is 18.4. The zero-order valence-electron chi connectivity index (χ0n) is 12.9. The molecule has 0 aromatic rings. The fourth-order valence-electron chi connectivity index (χ4n) is 2.18. The Morgan fingerprint density at radius 1 is 0.842 bits per heavy atom. The molecule has 0 rings (SSSR count). The van der Waals surface area contributed by atoms with Crippen molar-refractivity contribution in [3.05, 3.63) is 0 Å². The van der Waals surface area contributed by atoms with E-state index in [2.05, 4.69) is 12.2 Å². The molecule has 3 heteroatoms. The van der Waals surface area contributed by atoms with Gasteiger partial charge in [0.25, 0.3) is 0 Å². The van der Waals surface area contributed by atoms with Crippen LogP contribution in [-0.2, 0) is 4.79 Å². The van der Waals surface area contributed by atoms with Crippen molar-refractivity contribution in [3.63, 3.8) is 0 Å². The molecule has 0 aliphatic rings. The highest BCUT2D eigenvalue weighted by molar-refractivity contribution is 5.75. The molecule has 0 heterocycles. The molecule has 0 fully saturated rings. The fraction of sp³-hybridized carbons (Fsp3) is 0.938. The molecule has 19 heavy (non-hydrogen) atoms. The fourth-order valence-corrected chi connectivity index (χ4v) is 2.18. The topological polar surface area (TPSA) is 55.1 Å². The Morgan fingerprint density at radius 3 is 2.05 bits per heavy atom. The van der Waals surface area contributed by atoms with E-state index in [1.54, 1.807) is 0 Å². The van der Waals surface area contributed by atoms with E-state index in [4.69, 9.17) is 5.73 Å². The van der Waals surface area contributed by atoms with Gasteiger partial charge >= 0.3 is 0 Å². The molecule has 0 radical (unpaired) electrons. The van der Waals surface area contributed by atoms with Crippen LogP contribution < -0.4 is 11.1 Å². The standard InChI is InChI=1S/C16H34N2O/c1-2-3-4-5-6-7-8-12-15-18-16(19)13-10-9-11-14-17/h2-15,17H2,1H3,(H,18,19). The molecule has 1 amide bonds. The summed E-state index contributed by atoms with van der Waals surface area (Å²) in [6.07, 6.45) is 14.2. The average Bonchev–Trinajstić information content (AvgIpc) is 2.42. The minimum atomic E-state index is 0.208. The van der Waals surface area contributed by atoms with E-state index in [0.29, 0.717) is 6.42 Å². The number of carbonyl (C=O) groups excluding carboxylic acids is 1. The quantitative estimate of drug-likeness (QED) is 0.472. The monoisotopic (exact) mass is 270 g/mol. The molecular formula is C16H34N2O. The van der Waals surface area contributed by atoms with Gasteiger partial charge in [0.2, 0.25) is 5.91 Å². The van der Waals surface area contributed by atoms with Crippen LogP contribution in [0.4, 0.5) is 0 Å². The van der Waals surface area contributed by atoms with Crippen molar-refractivity contribution in [2.75, 3.05) is 13.1 Å². The molecule has 0 atom stereocenters. The van der Waals surface area contributed by atoms with Gasteiger partial charge in [-0.2, -0.15) is 0 Å². The third-order valence-electron chi connectivity index (χ3n) is 3.46. The van der Waals surface area contributed by atoms with Gasteiger partial charge in [0.05, 0.1) is 0 Å². The maximum atomic E-state index is 11.5. The van der Waals surface area contributed by atoms with Crippen LogP contribution in [0.5, 0.6) is 0 Å². The Bertz CT molecular complexity index is 195. The number of hydrogen-bond donors (Lipinski definition) is 2. The van der Waals surface area contributed by atoms with Gasteiger partial charge in [-0.25, -0.2) is 0 Å². The second-order valence-corrected chi connectivity index (χ2v) is 5.42. The van der Waals surface area contributed by atoms with Gasteiger partial charge in [-0.15, -0.1) is 0 Å². The summed E-state index contributed by atoms with van der Waals surface area (Å²) in [5.74, 6) is 0.208. The Balaban J connectivity index is 3.10. The van der Waals surface area contributed by atoms with Crippen LogP contribution >= 0.6 is 0 Å². The lowest BCUT2D eigenvalue weighted by molar-refractivity contribution is -0.121. The van der Waals surface area contributed by atoms with Crippen molar-refractivity contribution < 1.29 is 4.79 Å². The number of nitrogens with one attached hydrogen (secondary N) is 1. The third-order valence-corrected chi connectivity index (χ3v) is 3.46. The summed E-state index contributed by atoms with van der Waals surface area (Å²) in [6.45, 7) is 3.84. The summed E-state index contributed by atoms with van der Waals surface area (Å²) in [6, 6.07) is 0. The highest BCUT2D eigenvalue weighted by atomic mass is 16.1. The zero-order valence-corrected chi connectivity index (χ0v) is 12.9. The van der Waals surface area contributed by atoms with Crippen molar-refractivity contribution in [2.24, 2.45) is 5.73 Å². The van der Waals surface area contributed by atoms with E-state index in [1.165, 1.54) is 44.9 Å². The second kappa shape index (κ2) is 15.5. The van der Waals surface area contributed by atoms with E-state index in [-0.39, 0.29) is 5.91 Å². The van der Waals surface area contributed by atoms with Crippen LogP contribution in [0.3, 0.4) is 0 Å². The van der Waals surface area contributed by atoms with E-state index >= 15 is 0 Å². The van der Waals surface area contributed by atoms with E-state index in [1.807, 2.05) is 0 Å². The first-order valence-corrected chi connectivity index (χ1v) is 8.28. The van der Waals surface area contributed by atoms with Gasteiger partial charge in [0.15, 0.2) is 0 Å². The van der Waals surface area contributed by atoms with Crippen LogP contribution in [0.1, 0.15) is 84.0 Å². The summed E-state index contributed by atoms with van der Waals surface area (Å²) >= 11 is 0. The predicted molar refractivity (Wildman–Crippen MR) is 83.1 cm³/mol. The third kappa shape index (κ3) is 15.4. The van der Waals surface area contributed by atoms with E-state index in [9.17, 15) is 4.79 Å². The molecule has 3 nitrogen and oxygen atoms in total. The van der Waals surface area contributed by atoms with Gasteiger partial charge in [-0.1, -0.05) is 58.3 Å². The van der Waals surface area contributed by atoms with E-state index < -0.39 is 0 Å². The highest BCUT2D eigenvalue weighted by Gasteiger charge is 1.99. The molecule has 0 aliphatic carbocycles. The average molecular weight is 270 g/mol. The maximum Gasteiger partial charge on any atom is 0.219 e. The van der Waals surface area contributed by atoms with Gasteiger partial charge in [0, 0.05) is 13.0 Å². The molecule has 0 saturated heterocycles. The molecule has 0 unspecified atom stereocenters. The molecule has 0 spiro atoms. The number of unbranched alkanes of at least 4 members (excludes halogenated alkanes) is 9. The Hall–Kier alpha value is -0.570. The number of nitrogens with two attached hydrogens (primary N) is 1. The number of rotatable bonds is 14. The highest BCUT2D eigenvalue weighted by Crippen LogP contribution is 2.07. The lowest BCUT2D eigenvalue weighted by Crippen LogP contribution is -2.24. The van der Waals surface area contributed by atoms with Crippen molar-refractivity contribution >= 4 is 5.91 Å². The minimum absolute atomic E-state index is 0.208. The van der Waals surface area contributed by atoms with Crippen LogP contribution in [0.25, 0.3) is 0 Å². The van der Waals surface area contributed by atoms with Crippen molar-refractivity contribution in [1.29, 1.82) is 0 Å². The largest absolute Gasteiger partial charge is 0.356 e. The molecule has 0 saturated carbocycles. The summed E-state index contributed by atoms with van der Waals surface area (Å²) in [5.41, 5.74) is 5.41. The first-order chi connectivity index (χ1) is 9.31. The van der Waals surface area contributed by atoms with E-state index in [0.717, 1.165) is 38.8 Å². The summed E-state index contributed by atoms with van der Waals surface area (Å²) < 4.78 is 0. The van der Waals surface area contributed by atoms with Gasteiger partial charge in [-0.3, -0.25) is 4.79 Å². The number of amides is 1. The summed E-state index contributed by atoms with van der Waals surface area (Å²) in [7, 11) is 0. The maximum absolute atomic E-state index is 11.5. The molecule has 0 aromatic heterocycles. The van der Waals surface area contributed by atoms with Crippen LogP contribution in [0.15, 0.2) is 0 Å². The number of carbonyl (C=O) groups is 1. The van der Waals surface area contributed by atoms with Gasteiger partial charge in [-0.05, 0) is 25.8 Å². The van der Waals surface area contributed by atoms with Crippen molar-refractivity contribution in [3.8, 4) is 0 Å². The molecule has 0 bridgehead atoms. The Labute approximate surface area is 119 Å². The summed E-state index contributed by atoms with van der Waals surface area (Å²) in [5, 5.41) is 3.00. The molecule has 3 N–H and O–H groups in total. The predicted octanol–water partition coefficient (Wildman–Crippen LogP) is 3.76. The Morgan fingerprint density at radius 2 is 1.42 bits per heavy atom. The zero-order chi connectivity index (χ0) is 14.2. The minimum Gasteiger partial charge on any atom is -0.356 e. The molecule has 114 valence electrons. The van der Waals surface area contributed by atoms with Crippen molar-refractivity contribution in [1.82, 2.24) is 5.32 Å². The molecule has 0 aliphatic heterocycles. The molecule has 0 aromatic carbocycles. The SMILES string of the molecule is CCCCCCCCCCNC(=O)CCCCCN. The summed E-state index contributed by atoms with van der Waals surface area (Å²) in [4.78, 5) is 11.5. The van der Waals surface area contributed by atoms with Crippen LogP contribution in [-0.4, -0.2) is 19.0 Å². The second-order valence-electron chi connectivity index (χ2n) is 5.42. The normalized spacial score (nSPS) is 10.6. The molecular weight excluding hydrogens is 236 g/mol. The smallest absolute Gasteiger partial charge is 0.219 e. The van der Waals surface area contributed by atoms with Crippen molar-refractivity contribution in [2.45, 2.75) is 84.0 Å². The van der Waals surface area contributed by atoms with Crippen LogP contribution in [0, 0.1) is 0 Å². The lowest BCUT2D eigenvalue weighted by Gasteiger charge is -2.05.